The molecular weight excluding hydrogens is 577 g/mol. The van der Waals surface area contributed by atoms with Gasteiger partial charge in [-0.05, 0) is 81.5 Å². The Morgan fingerprint density at radius 3 is 2.50 bits per heavy atom. The molecule has 0 aliphatic carbocycles. The van der Waals surface area contributed by atoms with E-state index >= 15 is 0 Å². The van der Waals surface area contributed by atoms with Gasteiger partial charge in [0, 0.05) is 44.5 Å². The Balaban J connectivity index is 1.18. The molecule has 3 aliphatic heterocycles. The fraction of sp³-hybridized carbons (Fsp3) is 0.656. The average Bonchev–Trinajstić information content (AvgIpc) is 3.04. The number of benzene rings is 1. The first-order valence-corrected chi connectivity index (χ1v) is 15.6. The van der Waals surface area contributed by atoms with Crippen molar-refractivity contribution in [2.75, 3.05) is 40.5 Å². The number of nitrogens with zero attached hydrogens (tertiary/aromatic N) is 3. The van der Waals surface area contributed by atoms with Crippen LogP contribution in [0.15, 0.2) is 24.3 Å². The molecular formula is C32H43F3N4O5. The fourth-order valence-electron chi connectivity index (χ4n) is 6.58. The number of halogens is 3. The number of aromatic nitrogens is 2. The van der Waals surface area contributed by atoms with E-state index in [1.165, 1.54) is 19.2 Å². The number of ether oxygens (including phenoxy) is 4. The highest BCUT2D eigenvalue weighted by atomic mass is 19.4. The zero-order valence-corrected chi connectivity index (χ0v) is 25.7. The second kappa shape index (κ2) is 14.5. The molecule has 3 aliphatic rings. The van der Waals surface area contributed by atoms with Crippen molar-refractivity contribution >= 4 is 5.91 Å². The van der Waals surface area contributed by atoms with Crippen LogP contribution in [0.25, 0.3) is 0 Å². The summed E-state index contributed by atoms with van der Waals surface area (Å²) in [5.41, 5.74) is 2.00. The first-order chi connectivity index (χ1) is 21.2. The Morgan fingerprint density at radius 2 is 1.82 bits per heavy atom. The van der Waals surface area contributed by atoms with Crippen molar-refractivity contribution in [2.24, 2.45) is 0 Å². The Kier molecular flexibility index (Phi) is 10.8. The minimum Gasteiger partial charge on any atom is -0.480 e. The van der Waals surface area contributed by atoms with E-state index in [2.05, 4.69) is 15.5 Å². The summed E-state index contributed by atoms with van der Waals surface area (Å²) in [5.74, 6) is 0.260. The van der Waals surface area contributed by atoms with Gasteiger partial charge < -0.3 is 29.2 Å². The average molecular weight is 621 g/mol. The summed E-state index contributed by atoms with van der Waals surface area (Å²) in [7, 11) is 3.25. The van der Waals surface area contributed by atoms with Crippen molar-refractivity contribution in [3.05, 3.63) is 52.2 Å². The molecule has 1 N–H and O–H groups in total. The standard InChI is InChI=1S/C32H43F3N4O5/c1-20-25(12-11-24-5-4-6-27(44-24)21-7-9-22(10-8-21)32(33,34)35)30(42-3)38-37-29(20)31(40)39-16-13-23(14-17-39)36-26-15-18-43-19-28(26)41-2/h7-10,23-24,26-28,36H,4-6,11-19H2,1-3H3/t24-,26-,27+,28+/m1/s1. The molecule has 0 unspecified atom stereocenters. The number of hydrogen-bond acceptors (Lipinski definition) is 8. The predicted octanol–water partition coefficient (Wildman–Crippen LogP) is 5.05. The van der Waals surface area contributed by atoms with E-state index in [0.29, 0.717) is 50.2 Å². The first kappa shape index (κ1) is 32.6. The van der Waals surface area contributed by atoms with Crippen molar-refractivity contribution in [3.63, 3.8) is 0 Å². The molecule has 12 heteroatoms. The van der Waals surface area contributed by atoms with Crippen LogP contribution in [-0.2, 0) is 26.8 Å². The highest BCUT2D eigenvalue weighted by Crippen LogP contribution is 2.36. The minimum absolute atomic E-state index is 0.0359. The number of piperidine rings is 1. The third kappa shape index (κ3) is 7.70. The third-order valence-electron chi connectivity index (χ3n) is 9.22. The van der Waals surface area contributed by atoms with Gasteiger partial charge in [-0.15, -0.1) is 10.2 Å². The molecule has 0 radical (unpaired) electrons. The summed E-state index contributed by atoms with van der Waals surface area (Å²) >= 11 is 0. The quantitative estimate of drug-likeness (QED) is 0.416. The van der Waals surface area contributed by atoms with Crippen LogP contribution in [0, 0.1) is 6.92 Å². The Morgan fingerprint density at radius 1 is 1.07 bits per heavy atom. The molecule has 1 aromatic heterocycles. The molecule has 4 heterocycles. The Bertz CT molecular complexity index is 1250. The summed E-state index contributed by atoms with van der Waals surface area (Å²) in [4.78, 5) is 15.4. The number of amides is 1. The normalized spacial score (nSPS) is 25.2. The summed E-state index contributed by atoms with van der Waals surface area (Å²) in [5, 5.41) is 12.2. The van der Waals surface area contributed by atoms with Crippen LogP contribution >= 0.6 is 0 Å². The molecule has 0 bridgehead atoms. The van der Waals surface area contributed by atoms with E-state index in [9.17, 15) is 18.0 Å². The van der Waals surface area contributed by atoms with E-state index in [1.54, 1.807) is 7.11 Å². The number of hydrogen-bond donors (Lipinski definition) is 1. The number of carbonyl (C=O) groups is 1. The summed E-state index contributed by atoms with van der Waals surface area (Å²) in [6, 6.07) is 5.79. The number of carbonyl (C=O) groups excluding carboxylic acids is 1. The van der Waals surface area contributed by atoms with Gasteiger partial charge in [0.1, 0.15) is 0 Å². The second-order valence-corrected chi connectivity index (χ2v) is 12.0. The highest BCUT2D eigenvalue weighted by Gasteiger charge is 2.33. The number of nitrogens with one attached hydrogen (secondary N) is 1. The van der Waals surface area contributed by atoms with Gasteiger partial charge in [0.05, 0.1) is 37.6 Å². The van der Waals surface area contributed by atoms with E-state index < -0.39 is 11.7 Å². The lowest BCUT2D eigenvalue weighted by molar-refractivity contribution is -0.137. The second-order valence-electron chi connectivity index (χ2n) is 12.0. The molecule has 3 saturated heterocycles. The van der Waals surface area contributed by atoms with Gasteiger partial charge in [-0.3, -0.25) is 4.79 Å². The van der Waals surface area contributed by atoms with Crippen molar-refractivity contribution in [1.82, 2.24) is 20.4 Å². The Hall–Kier alpha value is -2.80. The Labute approximate surface area is 256 Å². The minimum atomic E-state index is -4.36. The highest BCUT2D eigenvalue weighted by molar-refractivity contribution is 5.94. The molecule has 9 nitrogen and oxygen atoms in total. The van der Waals surface area contributed by atoms with E-state index in [-0.39, 0.29) is 30.3 Å². The zero-order chi connectivity index (χ0) is 31.3. The molecule has 1 amide bonds. The monoisotopic (exact) mass is 620 g/mol. The van der Waals surface area contributed by atoms with Gasteiger partial charge in [-0.25, -0.2) is 0 Å². The van der Waals surface area contributed by atoms with E-state index in [0.717, 1.165) is 74.0 Å². The number of methoxy groups -OCH3 is 2. The largest absolute Gasteiger partial charge is 0.480 e. The summed E-state index contributed by atoms with van der Waals surface area (Å²) in [6.07, 6.45) is 1.69. The van der Waals surface area contributed by atoms with Gasteiger partial charge in [-0.2, -0.15) is 13.2 Å². The zero-order valence-electron chi connectivity index (χ0n) is 25.7. The van der Waals surface area contributed by atoms with Crippen LogP contribution < -0.4 is 10.1 Å². The van der Waals surface area contributed by atoms with Gasteiger partial charge >= 0.3 is 6.18 Å². The summed E-state index contributed by atoms with van der Waals surface area (Å²) < 4.78 is 62.0. The molecule has 242 valence electrons. The van der Waals surface area contributed by atoms with Gasteiger partial charge in [0.2, 0.25) is 5.88 Å². The lowest BCUT2D eigenvalue weighted by atomic mass is 9.94. The van der Waals surface area contributed by atoms with Crippen LogP contribution in [0.1, 0.15) is 83.8 Å². The topological polar surface area (TPSA) is 95.0 Å². The maximum Gasteiger partial charge on any atom is 0.416 e. The van der Waals surface area contributed by atoms with Crippen molar-refractivity contribution < 1.29 is 36.9 Å². The summed E-state index contributed by atoms with van der Waals surface area (Å²) in [6.45, 7) is 4.45. The molecule has 1 aromatic carbocycles. The molecule has 5 rings (SSSR count). The van der Waals surface area contributed by atoms with E-state index in [4.69, 9.17) is 18.9 Å². The molecule has 3 fully saturated rings. The van der Waals surface area contributed by atoms with Crippen LogP contribution in [0.4, 0.5) is 13.2 Å². The molecule has 0 saturated carbocycles. The van der Waals surface area contributed by atoms with Crippen LogP contribution in [0.2, 0.25) is 0 Å². The van der Waals surface area contributed by atoms with Crippen molar-refractivity contribution in [1.29, 1.82) is 0 Å². The predicted molar refractivity (Wildman–Crippen MR) is 157 cm³/mol. The van der Waals surface area contributed by atoms with Crippen LogP contribution in [0.5, 0.6) is 5.88 Å². The van der Waals surface area contributed by atoms with Crippen LogP contribution in [-0.4, -0.2) is 85.8 Å². The lowest BCUT2D eigenvalue weighted by Gasteiger charge is -2.38. The SMILES string of the molecule is COc1nnc(C(=O)N2CCC(N[C@@H]3CCOC[C@@H]3OC)CC2)c(C)c1CC[C@H]1CCC[C@@H](c2ccc(C(F)(F)F)cc2)O1. The van der Waals surface area contributed by atoms with Crippen LogP contribution in [0.3, 0.4) is 0 Å². The third-order valence-corrected chi connectivity index (χ3v) is 9.22. The molecule has 2 aromatic rings. The smallest absolute Gasteiger partial charge is 0.416 e. The van der Waals surface area contributed by atoms with Gasteiger partial charge in [0.25, 0.3) is 5.91 Å². The van der Waals surface area contributed by atoms with Gasteiger partial charge in [0.15, 0.2) is 5.69 Å². The maximum atomic E-state index is 13.6. The molecule has 4 atom stereocenters. The number of rotatable bonds is 9. The van der Waals surface area contributed by atoms with E-state index in [1.807, 2.05) is 11.8 Å². The molecule has 0 spiro atoms. The number of alkyl halides is 3. The number of likely N-dealkylation sites (tertiary alicyclic amines) is 1. The maximum absolute atomic E-state index is 13.6. The lowest BCUT2D eigenvalue weighted by Crippen LogP contribution is -2.54. The van der Waals surface area contributed by atoms with Gasteiger partial charge in [-0.1, -0.05) is 12.1 Å². The van der Waals surface area contributed by atoms with Crippen molar-refractivity contribution in [2.45, 2.75) is 94.9 Å². The molecule has 44 heavy (non-hydrogen) atoms. The fourth-order valence-corrected chi connectivity index (χ4v) is 6.58. The first-order valence-electron chi connectivity index (χ1n) is 15.6. The van der Waals surface area contributed by atoms with Crippen molar-refractivity contribution in [3.8, 4) is 5.88 Å².